The van der Waals surface area contributed by atoms with E-state index in [2.05, 4.69) is 0 Å². The molecule has 2 aromatic rings. The lowest BCUT2D eigenvalue weighted by Gasteiger charge is -2.10. The van der Waals surface area contributed by atoms with Gasteiger partial charge in [0.2, 0.25) is 0 Å². The van der Waals surface area contributed by atoms with Crippen LogP contribution in [0.3, 0.4) is 0 Å². The predicted octanol–water partition coefficient (Wildman–Crippen LogP) is 3.05. The van der Waals surface area contributed by atoms with Crippen molar-refractivity contribution in [3.8, 4) is 0 Å². The minimum absolute atomic E-state index is 0.0225. The van der Waals surface area contributed by atoms with Crippen LogP contribution in [-0.4, -0.2) is 10.9 Å². The molecular weight excluding hydrogens is 224 g/mol. The zero-order chi connectivity index (χ0) is 13.0. The Kier molecular flexibility index (Phi) is 3.44. The van der Waals surface area contributed by atoms with E-state index in [1.807, 2.05) is 48.5 Å². The van der Waals surface area contributed by atoms with E-state index in [9.17, 15) is 5.11 Å². The molecule has 0 spiro atoms. The molecule has 2 rings (SSSR count). The van der Waals surface area contributed by atoms with Crippen molar-refractivity contribution in [3.63, 3.8) is 0 Å². The highest BCUT2D eigenvalue weighted by atomic mass is 16.3. The first-order chi connectivity index (χ1) is 8.70. The van der Waals surface area contributed by atoms with Crippen LogP contribution < -0.4 is 5.73 Å². The average Bonchev–Trinajstić information content (AvgIpc) is 2.40. The molecule has 0 bridgehead atoms. The smallest absolute Gasteiger partial charge is 0.134 e. The van der Waals surface area contributed by atoms with E-state index in [0.717, 1.165) is 5.56 Å². The maximum absolute atomic E-state index is 10.3. The van der Waals surface area contributed by atoms with Crippen molar-refractivity contribution in [2.75, 3.05) is 0 Å². The zero-order valence-corrected chi connectivity index (χ0v) is 9.80. The fourth-order valence-corrected chi connectivity index (χ4v) is 1.76. The van der Waals surface area contributed by atoms with Crippen LogP contribution in [0.5, 0.6) is 0 Å². The van der Waals surface area contributed by atoms with Crippen molar-refractivity contribution in [1.82, 2.24) is 0 Å². The van der Waals surface area contributed by atoms with Gasteiger partial charge in [-0.25, -0.2) is 0 Å². The first-order valence-electron chi connectivity index (χ1n) is 5.58. The van der Waals surface area contributed by atoms with Gasteiger partial charge in [0.05, 0.1) is 5.57 Å². The largest absolute Gasteiger partial charge is 0.507 e. The van der Waals surface area contributed by atoms with Crippen LogP contribution in [0.2, 0.25) is 0 Å². The molecule has 0 atom stereocenters. The van der Waals surface area contributed by atoms with Gasteiger partial charge in [-0.1, -0.05) is 60.7 Å². The number of aliphatic hydroxyl groups excluding tert-OH is 1. The van der Waals surface area contributed by atoms with Crippen molar-refractivity contribution in [3.05, 3.63) is 71.8 Å². The van der Waals surface area contributed by atoms with Crippen molar-refractivity contribution >= 4 is 17.2 Å². The van der Waals surface area contributed by atoms with E-state index < -0.39 is 0 Å². The molecule has 90 valence electrons. The summed E-state index contributed by atoms with van der Waals surface area (Å²) in [4.78, 5) is 0. The molecule has 3 heteroatoms. The molecule has 0 aliphatic heterocycles. The summed E-state index contributed by atoms with van der Waals surface area (Å²) in [5.74, 6) is -0.128. The normalized spacial score (nSPS) is 11.8. The fraction of sp³-hybridized carbons (Fsp3) is 0. The topological polar surface area (TPSA) is 70.1 Å². The van der Waals surface area contributed by atoms with Gasteiger partial charge in [0.1, 0.15) is 11.6 Å². The number of hydrogen-bond acceptors (Lipinski definition) is 2. The summed E-state index contributed by atoms with van der Waals surface area (Å²) in [6.45, 7) is 0. The first kappa shape index (κ1) is 11.9. The van der Waals surface area contributed by atoms with E-state index in [1.165, 1.54) is 0 Å². The van der Waals surface area contributed by atoms with E-state index in [-0.39, 0.29) is 11.6 Å². The van der Waals surface area contributed by atoms with E-state index in [1.54, 1.807) is 12.1 Å². The molecule has 0 saturated heterocycles. The third-order valence-electron chi connectivity index (χ3n) is 2.62. The molecule has 0 amide bonds. The van der Waals surface area contributed by atoms with Crippen molar-refractivity contribution < 1.29 is 5.11 Å². The fourth-order valence-electron chi connectivity index (χ4n) is 1.76. The number of hydrogen-bond donors (Lipinski definition) is 3. The minimum atomic E-state index is -0.150. The zero-order valence-electron chi connectivity index (χ0n) is 9.80. The molecule has 0 unspecified atom stereocenters. The first-order valence-corrected chi connectivity index (χ1v) is 5.58. The van der Waals surface area contributed by atoms with E-state index in [0.29, 0.717) is 11.1 Å². The molecule has 3 nitrogen and oxygen atoms in total. The SMILES string of the molecule is N=C(N)C(=C(O)c1ccccc1)c1ccccc1. The summed E-state index contributed by atoms with van der Waals surface area (Å²) in [5.41, 5.74) is 7.29. The lowest BCUT2D eigenvalue weighted by molar-refractivity contribution is 0.514. The summed E-state index contributed by atoms with van der Waals surface area (Å²) in [6, 6.07) is 18.3. The van der Waals surface area contributed by atoms with Gasteiger partial charge in [0, 0.05) is 5.56 Å². The number of nitrogens with one attached hydrogen (secondary N) is 1. The maximum atomic E-state index is 10.3. The summed E-state index contributed by atoms with van der Waals surface area (Å²) in [6.07, 6.45) is 0. The van der Waals surface area contributed by atoms with Gasteiger partial charge in [-0.2, -0.15) is 0 Å². The molecule has 0 radical (unpaired) electrons. The van der Waals surface area contributed by atoms with Crippen molar-refractivity contribution in [2.24, 2.45) is 5.73 Å². The molecule has 0 fully saturated rings. The van der Waals surface area contributed by atoms with Crippen molar-refractivity contribution in [1.29, 1.82) is 5.41 Å². The molecule has 2 aromatic carbocycles. The van der Waals surface area contributed by atoms with Crippen molar-refractivity contribution in [2.45, 2.75) is 0 Å². The lowest BCUT2D eigenvalue weighted by atomic mass is 10.0. The van der Waals surface area contributed by atoms with Crippen LogP contribution in [0.25, 0.3) is 11.3 Å². The van der Waals surface area contributed by atoms with Crippen LogP contribution in [0.4, 0.5) is 0 Å². The number of nitrogens with two attached hydrogens (primary N) is 1. The van der Waals surface area contributed by atoms with Gasteiger partial charge in [-0.05, 0) is 5.56 Å². The molecule has 0 aliphatic carbocycles. The second kappa shape index (κ2) is 5.19. The number of aliphatic hydroxyl groups is 1. The van der Waals surface area contributed by atoms with Gasteiger partial charge >= 0.3 is 0 Å². The Hall–Kier alpha value is -2.55. The van der Waals surface area contributed by atoms with Crippen LogP contribution in [-0.2, 0) is 0 Å². The Bertz CT molecular complexity index is 574. The van der Waals surface area contributed by atoms with Gasteiger partial charge in [-0.15, -0.1) is 0 Å². The van der Waals surface area contributed by atoms with Crippen LogP contribution in [0, 0.1) is 5.41 Å². The van der Waals surface area contributed by atoms with Gasteiger partial charge in [0.25, 0.3) is 0 Å². The Morgan fingerprint density at radius 1 is 0.833 bits per heavy atom. The summed E-state index contributed by atoms with van der Waals surface area (Å²) in [7, 11) is 0. The maximum Gasteiger partial charge on any atom is 0.134 e. The molecule has 18 heavy (non-hydrogen) atoms. The van der Waals surface area contributed by atoms with Crippen LogP contribution in [0.1, 0.15) is 11.1 Å². The third-order valence-corrected chi connectivity index (χ3v) is 2.62. The molecule has 0 aliphatic rings. The quantitative estimate of drug-likeness (QED) is 0.333. The predicted molar refractivity (Wildman–Crippen MR) is 74.2 cm³/mol. The van der Waals surface area contributed by atoms with E-state index in [4.69, 9.17) is 11.1 Å². The highest BCUT2D eigenvalue weighted by Gasteiger charge is 2.12. The van der Waals surface area contributed by atoms with Crippen LogP contribution in [0.15, 0.2) is 60.7 Å². The minimum Gasteiger partial charge on any atom is -0.507 e. The lowest BCUT2D eigenvalue weighted by Crippen LogP contribution is -2.14. The molecular formula is C15H14N2O. The Labute approximate surface area is 106 Å². The average molecular weight is 238 g/mol. The molecule has 4 N–H and O–H groups in total. The number of amidine groups is 1. The second-order valence-electron chi connectivity index (χ2n) is 3.87. The third kappa shape index (κ3) is 2.40. The summed E-state index contributed by atoms with van der Waals surface area (Å²) >= 11 is 0. The second-order valence-corrected chi connectivity index (χ2v) is 3.87. The van der Waals surface area contributed by atoms with E-state index >= 15 is 0 Å². The van der Waals surface area contributed by atoms with Gasteiger partial charge in [0.15, 0.2) is 0 Å². The highest BCUT2D eigenvalue weighted by molar-refractivity contribution is 6.26. The summed E-state index contributed by atoms with van der Waals surface area (Å²) in [5, 5.41) is 17.9. The van der Waals surface area contributed by atoms with Crippen LogP contribution >= 0.6 is 0 Å². The number of rotatable bonds is 3. The standard InChI is InChI=1S/C15H14N2O/c16-15(17)13(11-7-3-1-4-8-11)14(18)12-9-5-2-6-10-12/h1-10,18H,(H3,16,17). The Morgan fingerprint density at radius 2 is 1.28 bits per heavy atom. The molecule has 0 aromatic heterocycles. The Morgan fingerprint density at radius 3 is 1.72 bits per heavy atom. The Balaban J connectivity index is 2.58. The highest BCUT2D eigenvalue weighted by Crippen LogP contribution is 2.23. The van der Waals surface area contributed by atoms with Gasteiger partial charge < -0.3 is 10.8 Å². The molecule has 0 saturated carbocycles. The summed E-state index contributed by atoms with van der Waals surface area (Å²) < 4.78 is 0. The monoisotopic (exact) mass is 238 g/mol. The molecule has 0 heterocycles. The van der Waals surface area contributed by atoms with Gasteiger partial charge in [-0.3, -0.25) is 5.41 Å². The number of benzene rings is 2.